The van der Waals surface area contributed by atoms with Gasteiger partial charge in [-0.15, -0.1) is 11.8 Å². The summed E-state index contributed by atoms with van der Waals surface area (Å²) in [6, 6.07) is 13.6. The third-order valence-corrected chi connectivity index (χ3v) is 7.55. The van der Waals surface area contributed by atoms with E-state index in [1.54, 1.807) is 0 Å². The highest BCUT2D eigenvalue weighted by molar-refractivity contribution is 7.99. The molecule has 2 aromatic carbocycles. The first-order valence-corrected chi connectivity index (χ1v) is 11.2. The summed E-state index contributed by atoms with van der Waals surface area (Å²) in [5.74, 6) is 0.590. The summed E-state index contributed by atoms with van der Waals surface area (Å²) >= 11 is 1.84. The Balaban J connectivity index is 1.47. The van der Waals surface area contributed by atoms with E-state index < -0.39 is 15.8 Å². The van der Waals surface area contributed by atoms with Gasteiger partial charge in [-0.25, -0.2) is 12.8 Å². The Morgan fingerprint density at radius 2 is 1.65 bits per heavy atom. The van der Waals surface area contributed by atoms with Gasteiger partial charge in [0.25, 0.3) is 0 Å². The van der Waals surface area contributed by atoms with Crippen molar-refractivity contribution in [2.45, 2.75) is 16.7 Å². The van der Waals surface area contributed by atoms with E-state index in [1.807, 2.05) is 11.8 Å². The molecule has 1 saturated heterocycles. The Bertz CT molecular complexity index is 816. The number of aryl methyl sites for hydroxylation is 1. The molecule has 1 N–H and O–H groups in total. The number of nitrogens with one attached hydrogen (secondary N) is 1. The summed E-state index contributed by atoms with van der Waals surface area (Å²) in [4.78, 5) is 2.86. The zero-order chi connectivity index (χ0) is 18.6. The molecule has 0 saturated carbocycles. The quantitative estimate of drug-likeness (QED) is 0.759. The second-order valence-corrected chi connectivity index (χ2v) is 9.63. The van der Waals surface area contributed by atoms with Crippen LogP contribution >= 0.6 is 11.8 Å². The Labute approximate surface area is 159 Å². The van der Waals surface area contributed by atoms with E-state index in [1.165, 1.54) is 43.9 Å². The number of hydrogen-bond donors (Lipinski definition) is 1. The molecule has 7 heteroatoms. The van der Waals surface area contributed by atoms with Crippen LogP contribution in [0.5, 0.6) is 0 Å². The van der Waals surface area contributed by atoms with Gasteiger partial charge in [0.15, 0.2) is 0 Å². The number of thioether (sulfide) groups is 1. The van der Waals surface area contributed by atoms with Gasteiger partial charge in [-0.3, -0.25) is 0 Å². The van der Waals surface area contributed by atoms with Crippen LogP contribution in [0, 0.1) is 12.7 Å². The first-order chi connectivity index (χ1) is 12.4. The highest BCUT2D eigenvalue weighted by Crippen LogP contribution is 2.18. The van der Waals surface area contributed by atoms with E-state index in [0.717, 1.165) is 25.4 Å². The third-order valence-electron chi connectivity index (χ3n) is 4.63. The standard InChI is InChI=1S/C19H23FN2O2S2/c1-16-2-6-18(7-3-16)25-15-14-21-10-12-22(13-11-21)26(23,24)19-8-4-17(20)5-9-19/h2-9H,10-15H2,1H3/p+1. The van der Waals surface area contributed by atoms with E-state index in [0.29, 0.717) is 13.1 Å². The number of benzene rings is 2. The van der Waals surface area contributed by atoms with Crippen molar-refractivity contribution in [2.75, 3.05) is 38.5 Å². The van der Waals surface area contributed by atoms with Gasteiger partial charge in [0.2, 0.25) is 10.0 Å². The smallest absolute Gasteiger partial charge is 0.243 e. The summed E-state index contributed by atoms with van der Waals surface area (Å²) < 4.78 is 39.8. The zero-order valence-electron chi connectivity index (χ0n) is 14.8. The fraction of sp³-hybridized carbons (Fsp3) is 0.368. The van der Waals surface area contributed by atoms with Crippen LogP contribution in [0.25, 0.3) is 0 Å². The van der Waals surface area contributed by atoms with E-state index in [-0.39, 0.29) is 4.90 Å². The number of halogens is 1. The molecule has 0 spiro atoms. The van der Waals surface area contributed by atoms with Gasteiger partial charge in [-0.2, -0.15) is 4.31 Å². The number of quaternary nitrogens is 1. The van der Waals surface area contributed by atoms with Gasteiger partial charge in [0.1, 0.15) is 5.82 Å². The van der Waals surface area contributed by atoms with Crippen LogP contribution in [0.4, 0.5) is 4.39 Å². The average Bonchev–Trinajstić information content (AvgIpc) is 2.64. The summed E-state index contributed by atoms with van der Waals surface area (Å²) in [6.45, 7) is 5.71. The maximum atomic E-state index is 13.0. The minimum atomic E-state index is -3.52. The van der Waals surface area contributed by atoms with E-state index in [9.17, 15) is 12.8 Å². The minimum Gasteiger partial charge on any atom is -0.332 e. The first kappa shape index (κ1) is 19.4. The number of hydrogen-bond acceptors (Lipinski definition) is 3. The lowest BCUT2D eigenvalue weighted by Crippen LogP contribution is -3.15. The number of rotatable bonds is 6. The van der Waals surface area contributed by atoms with Crippen molar-refractivity contribution in [1.82, 2.24) is 4.31 Å². The lowest BCUT2D eigenvalue weighted by molar-refractivity contribution is -0.901. The van der Waals surface area contributed by atoms with Crippen molar-refractivity contribution in [1.29, 1.82) is 0 Å². The van der Waals surface area contributed by atoms with Crippen LogP contribution in [0.15, 0.2) is 58.3 Å². The van der Waals surface area contributed by atoms with Crippen molar-refractivity contribution < 1.29 is 17.7 Å². The minimum absolute atomic E-state index is 0.164. The molecule has 1 heterocycles. The van der Waals surface area contributed by atoms with Crippen LogP contribution in [0.1, 0.15) is 5.56 Å². The third kappa shape index (κ3) is 4.85. The Morgan fingerprint density at radius 1 is 1.04 bits per heavy atom. The second-order valence-electron chi connectivity index (χ2n) is 6.52. The van der Waals surface area contributed by atoms with Crippen LogP contribution in [0.2, 0.25) is 0 Å². The van der Waals surface area contributed by atoms with Gasteiger partial charge in [-0.1, -0.05) is 17.7 Å². The number of piperazine rings is 1. The molecule has 0 amide bonds. The molecule has 0 bridgehead atoms. The van der Waals surface area contributed by atoms with Crippen molar-refractivity contribution in [3.8, 4) is 0 Å². The van der Waals surface area contributed by atoms with Crippen molar-refractivity contribution in [3.05, 3.63) is 59.9 Å². The summed E-state index contributed by atoms with van der Waals surface area (Å²) in [5, 5.41) is 0. The van der Waals surface area contributed by atoms with Crippen LogP contribution in [-0.2, 0) is 10.0 Å². The van der Waals surface area contributed by atoms with Gasteiger partial charge in [-0.05, 0) is 43.3 Å². The van der Waals surface area contributed by atoms with Crippen LogP contribution in [0.3, 0.4) is 0 Å². The molecule has 0 aliphatic carbocycles. The molecule has 0 atom stereocenters. The number of nitrogens with zero attached hydrogens (tertiary/aromatic N) is 1. The maximum absolute atomic E-state index is 13.0. The average molecular weight is 396 g/mol. The largest absolute Gasteiger partial charge is 0.332 e. The fourth-order valence-corrected chi connectivity index (χ4v) is 5.39. The zero-order valence-corrected chi connectivity index (χ0v) is 16.5. The molecule has 26 heavy (non-hydrogen) atoms. The number of sulfonamides is 1. The Kier molecular flexibility index (Phi) is 6.34. The summed E-state index contributed by atoms with van der Waals surface area (Å²) in [5.41, 5.74) is 1.26. The molecule has 4 nitrogen and oxygen atoms in total. The molecular weight excluding hydrogens is 371 g/mol. The molecule has 140 valence electrons. The van der Waals surface area contributed by atoms with Crippen molar-refractivity contribution in [2.24, 2.45) is 0 Å². The lowest BCUT2D eigenvalue weighted by atomic mass is 10.2. The topological polar surface area (TPSA) is 41.8 Å². The van der Waals surface area contributed by atoms with Gasteiger partial charge in [0.05, 0.1) is 37.6 Å². The Morgan fingerprint density at radius 3 is 2.27 bits per heavy atom. The molecule has 0 unspecified atom stereocenters. The molecule has 3 rings (SSSR count). The van der Waals surface area contributed by atoms with E-state index in [4.69, 9.17) is 0 Å². The molecule has 1 aliphatic heterocycles. The highest BCUT2D eigenvalue weighted by Gasteiger charge is 2.30. The molecule has 0 radical (unpaired) electrons. The summed E-state index contributed by atoms with van der Waals surface area (Å²) in [6.07, 6.45) is 0. The van der Waals surface area contributed by atoms with E-state index in [2.05, 4.69) is 31.2 Å². The summed E-state index contributed by atoms with van der Waals surface area (Å²) in [7, 11) is -3.52. The van der Waals surface area contributed by atoms with Gasteiger partial charge < -0.3 is 4.90 Å². The predicted octanol–water partition coefficient (Wildman–Crippen LogP) is 1.82. The fourth-order valence-electron chi connectivity index (χ4n) is 3.00. The SMILES string of the molecule is Cc1ccc(SCC[NH+]2CCN(S(=O)(=O)c3ccc(F)cc3)CC2)cc1. The van der Waals surface area contributed by atoms with Crippen LogP contribution < -0.4 is 4.90 Å². The van der Waals surface area contributed by atoms with Crippen molar-refractivity contribution in [3.63, 3.8) is 0 Å². The molecule has 2 aromatic rings. The normalized spacial score (nSPS) is 16.7. The Hall–Kier alpha value is -1.41. The highest BCUT2D eigenvalue weighted by atomic mass is 32.2. The molecule has 1 aliphatic rings. The van der Waals surface area contributed by atoms with Gasteiger partial charge in [0, 0.05) is 10.6 Å². The van der Waals surface area contributed by atoms with Crippen molar-refractivity contribution >= 4 is 21.8 Å². The van der Waals surface area contributed by atoms with Crippen LogP contribution in [-0.4, -0.2) is 51.2 Å². The maximum Gasteiger partial charge on any atom is 0.243 e. The monoisotopic (exact) mass is 395 g/mol. The lowest BCUT2D eigenvalue weighted by Gasteiger charge is -2.31. The first-order valence-electron chi connectivity index (χ1n) is 8.74. The predicted molar refractivity (Wildman–Crippen MR) is 103 cm³/mol. The van der Waals surface area contributed by atoms with E-state index >= 15 is 0 Å². The second kappa shape index (κ2) is 8.52. The van der Waals surface area contributed by atoms with Gasteiger partial charge >= 0.3 is 0 Å². The molecule has 0 aromatic heterocycles. The molecule has 1 fully saturated rings. The molecular formula is C19H24FN2O2S2+.